The van der Waals surface area contributed by atoms with Gasteiger partial charge in [0.2, 0.25) is 11.8 Å². The van der Waals surface area contributed by atoms with Gasteiger partial charge in [0.25, 0.3) is 0 Å². The van der Waals surface area contributed by atoms with Gasteiger partial charge in [-0.2, -0.15) is 0 Å². The molecule has 0 bridgehead atoms. The maximum absolute atomic E-state index is 12.6. The van der Waals surface area contributed by atoms with Gasteiger partial charge in [0.05, 0.1) is 6.54 Å². The van der Waals surface area contributed by atoms with E-state index >= 15 is 0 Å². The number of carbonyl (C=O) groups excluding carboxylic acids is 2. The van der Waals surface area contributed by atoms with Crippen LogP contribution >= 0.6 is 15.9 Å². The molecule has 2 amide bonds. The summed E-state index contributed by atoms with van der Waals surface area (Å²) in [6.45, 7) is 0.578. The van der Waals surface area contributed by atoms with E-state index in [1.165, 1.54) is 0 Å². The highest BCUT2D eigenvalue weighted by Gasteiger charge is 2.32. The van der Waals surface area contributed by atoms with E-state index in [9.17, 15) is 9.59 Å². The van der Waals surface area contributed by atoms with Crippen molar-refractivity contribution in [3.8, 4) is 0 Å². The van der Waals surface area contributed by atoms with Crippen molar-refractivity contribution in [2.24, 2.45) is 0 Å². The molecule has 1 heterocycles. The second-order valence-corrected chi connectivity index (χ2v) is 6.55. The standard InChI is InChI=1S/C18H17BrN2O2/c19-15-8-6-13(7-9-15)10-16-18(23)21(12-17(22)20-16)11-14-4-2-1-3-5-14/h1-9,16H,10-12H2,(H,20,22). The maximum atomic E-state index is 12.6. The monoisotopic (exact) mass is 372 g/mol. The number of piperazine rings is 1. The van der Waals surface area contributed by atoms with Crippen LogP contribution in [0.1, 0.15) is 11.1 Å². The molecule has 0 spiro atoms. The molecule has 4 nitrogen and oxygen atoms in total. The van der Waals surface area contributed by atoms with Crippen molar-refractivity contribution >= 4 is 27.7 Å². The minimum absolute atomic E-state index is 0.0311. The lowest BCUT2D eigenvalue weighted by Gasteiger charge is -2.32. The van der Waals surface area contributed by atoms with Crippen LogP contribution in [0.4, 0.5) is 0 Å². The number of nitrogens with zero attached hydrogens (tertiary/aromatic N) is 1. The van der Waals surface area contributed by atoms with Crippen LogP contribution in [0.3, 0.4) is 0 Å². The minimum Gasteiger partial charge on any atom is -0.342 e. The Morgan fingerprint density at radius 2 is 1.70 bits per heavy atom. The van der Waals surface area contributed by atoms with Gasteiger partial charge < -0.3 is 10.2 Å². The third-order valence-corrected chi connectivity index (χ3v) is 4.38. The second-order valence-electron chi connectivity index (χ2n) is 5.63. The molecular weight excluding hydrogens is 356 g/mol. The summed E-state index contributed by atoms with van der Waals surface area (Å²) in [5, 5.41) is 2.80. The van der Waals surface area contributed by atoms with Gasteiger partial charge >= 0.3 is 0 Å². The summed E-state index contributed by atoms with van der Waals surface area (Å²) >= 11 is 3.39. The second kappa shape index (κ2) is 6.96. The first-order valence-electron chi connectivity index (χ1n) is 7.48. The van der Waals surface area contributed by atoms with Crippen LogP contribution in [0, 0.1) is 0 Å². The first-order chi connectivity index (χ1) is 11.1. The number of benzene rings is 2. The number of carbonyl (C=O) groups is 2. The van der Waals surface area contributed by atoms with E-state index in [1.807, 2.05) is 54.6 Å². The predicted octanol–water partition coefficient (Wildman–Crippen LogP) is 2.52. The molecule has 1 aliphatic rings. The SMILES string of the molecule is O=C1CN(Cc2ccccc2)C(=O)C(Cc2ccc(Br)cc2)N1. The molecule has 5 heteroatoms. The molecule has 3 rings (SSSR count). The van der Waals surface area contributed by atoms with Gasteiger partial charge in [-0.3, -0.25) is 9.59 Å². The summed E-state index contributed by atoms with van der Waals surface area (Å²) in [4.78, 5) is 26.2. The van der Waals surface area contributed by atoms with E-state index in [0.717, 1.165) is 15.6 Å². The first kappa shape index (κ1) is 15.7. The fraction of sp³-hybridized carbons (Fsp3) is 0.222. The van der Waals surface area contributed by atoms with Crippen LogP contribution in [0.2, 0.25) is 0 Å². The molecule has 1 atom stereocenters. The maximum Gasteiger partial charge on any atom is 0.246 e. The summed E-state index contributed by atoms with van der Waals surface area (Å²) in [5.74, 6) is -0.140. The molecule has 118 valence electrons. The van der Waals surface area contributed by atoms with Crippen molar-refractivity contribution in [1.29, 1.82) is 0 Å². The Kier molecular flexibility index (Phi) is 4.76. The Bertz CT molecular complexity index is 701. The first-order valence-corrected chi connectivity index (χ1v) is 8.27. The number of hydrogen-bond donors (Lipinski definition) is 1. The molecule has 0 aliphatic carbocycles. The number of rotatable bonds is 4. The van der Waals surface area contributed by atoms with E-state index in [4.69, 9.17) is 0 Å². The van der Waals surface area contributed by atoms with E-state index in [0.29, 0.717) is 13.0 Å². The molecule has 2 aromatic carbocycles. The van der Waals surface area contributed by atoms with E-state index in [2.05, 4.69) is 21.2 Å². The zero-order valence-corrected chi connectivity index (χ0v) is 14.1. The van der Waals surface area contributed by atoms with E-state index < -0.39 is 6.04 Å². The number of halogens is 1. The van der Waals surface area contributed by atoms with Gasteiger partial charge in [-0.05, 0) is 23.3 Å². The molecule has 1 unspecified atom stereocenters. The Morgan fingerprint density at radius 1 is 1.00 bits per heavy atom. The summed E-state index contributed by atoms with van der Waals surface area (Å²) in [7, 11) is 0. The Hall–Kier alpha value is -2.14. The van der Waals surface area contributed by atoms with Crippen LogP contribution < -0.4 is 5.32 Å². The third kappa shape index (κ3) is 3.99. The number of nitrogens with one attached hydrogen (secondary N) is 1. The topological polar surface area (TPSA) is 49.4 Å². The molecule has 1 N–H and O–H groups in total. The van der Waals surface area contributed by atoms with Crippen LogP contribution in [-0.2, 0) is 22.6 Å². The van der Waals surface area contributed by atoms with Crippen molar-refractivity contribution in [2.45, 2.75) is 19.0 Å². The molecule has 1 saturated heterocycles. The molecule has 1 aliphatic heterocycles. The summed E-state index contributed by atoms with van der Waals surface area (Å²) in [6, 6.07) is 17.0. The number of hydrogen-bond acceptors (Lipinski definition) is 2. The summed E-state index contributed by atoms with van der Waals surface area (Å²) in [6.07, 6.45) is 0.503. The highest BCUT2D eigenvalue weighted by molar-refractivity contribution is 9.10. The lowest BCUT2D eigenvalue weighted by molar-refractivity contribution is -0.144. The van der Waals surface area contributed by atoms with Gasteiger partial charge in [-0.25, -0.2) is 0 Å². The van der Waals surface area contributed by atoms with E-state index in [-0.39, 0.29) is 18.4 Å². The number of amides is 2. The fourth-order valence-corrected chi connectivity index (χ4v) is 2.97. The van der Waals surface area contributed by atoms with Gasteiger partial charge in [-0.15, -0.1) is 0 Å². The van der Waals surface area contributed by atoms with Gasteiger partial charge in [0.1, 0.15) is 6.04 Å². The summed E-state index contributed by atoms with van der Waals surface area (Å²) < 4.78 is 0.992. The highest BCUT2D eigenvalue weighted by Crippen LogP contribution is 2.15. The molecule has 1 fully saturated rings. The quantitative estimate of drug-likeness (QED) is 0.896. The van der Waals surface area contributed by atoms with Crippen LogP contribution in [0.25, 0.3) is 0 Å². The van der Waals surface area contributed by atoms with Crippen molar-refractivity contribution in [3.05, 3.63) is 70.2 Å². The van der Waals surface area contributed by atoms with Crippen molar-refractivity contribution in [2.75, 3.05) is 6.54 Å². The zero-order chi connectivity index (χ0) is 16.2. The lowest BCUT2D eigenvalue weighted by atomic mass is 10.0. The largest absolute Gasteiger partial charge is 0.342 e. The Labute approximate surface area is 143 Å². The zero-order valence-electron chi connectivity index (χ0n) is 12.5. The Morgan fingerprint density at radius 3 is 2.39 bits per heavy atom. The molecule has 0 aromatic heterocycles. The lowest BCUT2D eigenvalue weighted by Crippen LogP contribution is -2.58. The molecule has 2 aromatic rings. The van der Waals surface area contributed by atoms with Crippen LogP contribution in [0.5, 0.6) is 0 Å². The summed E-state index contributed by atoms with van der Waals surface area (Å²) in [5.41, 5.74) is 2.05. The average molecular weight is 373 g/mol. The normalized spacial score (nSPS) is 18.0. The van der Waals surface area contributed by atoms with Gasteiger partial charge in [0.15, 0.2) is 0 Å². The van der Waals surface area contributed by atoms with Crippen LogP contribution in [0.15, 0.2) is 59.1 Å². The third-order valence-electron chi connectivity index (χ3n) is 3.85. The van der Waals surface area contributed by atoms with Crippen LogP contribution in [-0.4, -0.2) is 29.3 Å². The highest BCUT2D eigenvalue weighted by atomic mass is 79.9. The molecule has 0 saturated carbocycles. The fourth-order valence-electron chi connectivity index (χ4n) is 2.71. The molecular formula is C18H17BrN2O2. The minimum atomic E-state index is -0.499. The Balaban J connectivity index is 1.72. The van der Waals surface area contributed by atoms with Crippen molar-refractivity contribution < 1.29 is 9.59 Å². The smallest absolute Gasteiger partial charge is 0.246 e. The predicted molar refractivity (Wildman–Crippen MR) is 91.6 cm³/mol. The van der Waals surface area contributed by atoms with Gasteiger partial charge in [-0.1, -0.05) is 58.4 Å². The molecule has 23 heavy (non-hydrogen) atoms. The van der Waals surface area contributed by atoms with E-state index in [1.54, 1.807) is 4.90 Å². The van der Waals surface area contributed by atoms with Crippen molar-refractivity contribution in [3.63, 3.8) is 0 Å². The van der Waals surface area contributed by atoms with Gasteiger partial charge in [0, 0.05) is 17.4 Å². The molecule has 0 radical (unpaired) electrons. The average Bonchev–Trinajstić information content (AvgIpc) is 2.55. The van der Waals surface area contributed by atoms with Crippen molar-refractivity contribution in [1.82, 2.24) is 10.2 Å².